The van der Waals surface area contributed by atoms with E-state index in [1.807, 2.05) is 13.0 Å². The van der Waals surface area contributed by atoms with Crippen molar-refractivity contribution in [2.24, 2.45) is 0 Å². The van der Waals surface area contributed by atoms with Crippen molar-refractivity contribution >= 4 is 15.8 Å². The lowest BCUT2D eigenvalue weighted by Crippen LogP contribution is -2.48. The number of piperazine rings is 1. The number of aromatic nitrogens is 6. The predicted octanol–water partition coefficient (Wildman–Crippen LogP) is 1.87. The summed E-state index contributed by atoms with van der Waals surface area (Å²) in [6, 6.07) is 8.60. The summed E-state index contributed by atoms with van der Waals surface area (Å²) < 4.78 is 27.4. The molecule has 1 aliphatic rings. The van der Waals surface area contributed by atoms with Crippen LogP contribution in [0, 0.1) is 6.92 Å². The lowest BCUT2D eigenvalue weighted by molar-refractivity contribution is 0.164. The highest BCUT2D eigenvalue weighted by Gasteiger charge is 2.30. The first-order valence-corrected chi connectivity index (χ1v) is 12.4. The molecule has 4 rings (SSSR count). The normalized spacial score (nSPS) is 16.2. The Hall–Kier alpha value is -2.92. The molecule has 1 fully saturated rings. The van der Waals surface area contributed by atoms with Gasteiger partial charge in [-0.25, -0.2) is 23.1 Å². The van der Waals surface area contributed by atoms with Crippen molar-refractivity contribution in [3.8, 4) is 0 Å². The summed E-state index contributed by atoms with van der Waals surface area (Å²) in [5.74, 6) is 1.04. The van der Waals surface area contributed by atoms with Crippen LogP contribution in [-0.2, 0) is 15.7 Å². The minimum absolute atomic E-state index is 0.0536. The Morgan fingerprint density at radius 1 is 1.03 bits per heavy atom. The molecule has 1 aliphatic heterocycles. The first-order chi connectivity index (χ1) is 15.5. The molecule has 11 heteroatoms. The van der Waals surface area contributed by atoms with Gasteiger partial charge in [-0.2, -0.15) is 0 Å². The summed E-state index contributed by atoms with van der Waals surface area (Å²) in [5, 5.41) is 12.1. The van der Waals surface area contributed by atoms with E-state index in [2.05, 4.69) is 42.2 Å². The Morgan fingerprint density at radius 3 is 2.38 bits per heavy atom. The van der Waals surface area contributed by atoms with Crippen molar-refractivity contribution in [2.45, 2.75) is 43.5 Å². The van der Waals surface area contributed by atoms with Gasteiger partial charge in [-0.1, -0.05) is 31.0 Å². The maximum absolute atomic E-state index is 13.0. The Labute approximate surface area is 188 Å². The molecule has 1 aromatic carbocycles. The molecular formula is C21H28N8O2S. The second-order valence-electron chi connectivity index (χ2n) is 7.97. The average molecular weight is 457 g/mol. The second-order valence-corrected chi connectivity index (χ2v) is 9.93. The lowest BCUT2D eigenvalue weighted by Gasteiger charge is -2.38. The number of rotatable bonds is 8. The number of nitrogens with zero attached hydrogens (tertiary/aromatic N) is 8. The molecule has 0 saturated carbocycles. The molecule has 3 aromatic rings. The maximum atomic E-state index is 13.0. The summed E-state index contributed by atoms with van der Waals surface area (Å²) in [7, 11) is -3.57. The summed E-state index contributed by atoms with van der Waals surface area (Å²) >= 11 is 0. The zero-order valence-corrected chi connectivity index (χ0v) is 19.2. The van der Waals surface area contributed by atoms with Gasteiger partial charge in [0.2, 0.25) is 5.95 Å². The van der Waals surface area contributed by atoms with Crippen LogP contribution in [0.2, 0.25) is 0 Å². The highest BCUT2D eigenvalue weighted by atomic mass is 32.2. The van der Waals surface area contributed by atoms with Gasteiger partial charge in [-0.05, 0) is 42.0 Å². The van der Waals surface area contributed by atoms with Crippen LogP contribution in [-0.4, -0.2) is 69.7 Å². The van der Waals surface area contributed by atoms with Crippen molar-refractivity contribution < 1.29 is 8.42 Å². The van der Waals surface area contributed by atoms with Crippen LogP contribution in [0.5, 0.6) is 0 Å². The molecule has 1 saturated heterocycles. The molecule has 32 heavy (non-hydrogen) atoms. The van der Waals surface area contributed by atoms with Gasteiger partial charge in [0, 0.05) is 38.6 Å². The number of aryl methyl sites for hydroxylation is 1. The zero-order valence-electron chi connectivity index (χ0n) is 18.4. The fourth-order valence-electron chi connectivity index (χ4n) is 3.96. The molecule has 3 heterocycles. The smallest absolute Gasteiger partial charge is 0.225 e. The van der Waals surface area contributed by atoms with Crippen molar-refractivity contribution in [1.82, 2.24) is 35.1 Å². The number of benzene rings is 1. The van der Waals surface area contributed by atoms with Crippen molar-refractivity contribution in [1.29, 1.82) is 0 Å². The largest absolute Gasteiger partial charge is 0.338 e. The van der Waals surface area contributed by atoms with E-state index in [4.69, 9.17) is 0 Å². The van der Waals surface area contributed by atoms with Crippen LogP contribution in [0.4, 0.5) is 5.95 Å². The van der Waals surface area contributed by atoms with E-state index < -0.39 is 9.84 Å². The number of sulfone groups is 1. The van der Waals surface area contributed by atoms with Gasteiger partial charge in [0.05, 0.1) is 10.9 Å². The molecule has 1 atom stereocenters. The second kappa shape index (κ2) is 9.70. The monoisotopic (exact) mass is 456 g/mol. The van der Waals surface area contributed by atoms with Crippen LogP contribution >= 0.6 is 0 Å². The van der Waals surface area contributed by atoms with Crippen molar-refractivity contribution in [3.05, 3.63) is 54.1 Å². The average Bonchev–Trinajstić information content (AvgIpc) is 3.25. The predicted molar refractivity (Wildman–Crippen MR) is 120 cm³/mol. The van der Waals surface area contributed by atoms with E-state index in [1.54, 1.807) is 36.7 Å². The maximum Gasteiger partial charge on any atom is 0.225 e. The van der Waals surface area contributed by atoms with Crippen molar-refractivity contribution in [2.75, 3.05) is 31.1 Å². The first kappa shape index (κ1) is 22.3. The van der Waals surface area contributed by atoms with E-state index in [0.717, 1.165) is 50.5 Å². The third-order valence-corrected chi connectivity index (χ3v) is 7.26. The number of hydrogen-bond donors (Lipinski definition) is 0. The van der Waals surface area contributed by atoms with Crippen LogP contribution in [0.25, 0.3) is 0 Å². The van der Waals surface area contributed by atoms with Gasteiger partial charge in [0.1, 0.15) is 0 Å². The Balaban J connectivity index is 1.50. The summed E-state index contributed by atoms with van der Waals surface area (Å²) in [4.78, 5) is 13.4. The van der Waals surface area contributed by atoms with E-state index in [0.29, 0.717) is 5.82 Å². The van der Waals surface area contributed by atoms with Crippen LogP contribution in [0.1, 0.15) is 37.2 Å². The molecule has 0 radical (unpaired) electrons. The van der Waals surface area contributed by atoms with Crippen LogP contribution in [0.15, 0.2) is 47.6 Å². The molecule has 170 valence electrons. The van der Waals surface area contributed by atoms with E-state index >= 15 is 0 Å². The summed E-state index contributed by atoms with van der Waals surface area (Å²) in [6.45, 7) is 7.19. The van der Waals surface area contributed by atoms with Gasteiger partial charge >= 0.3 is 0 Å². The molecular weight excluding hydrogens is 428 g/mol. The van der Waals surface area contributed by atoms with E-state index in [1.165, 1.54) is 4.68 Å². The fourth-order valence-corrected chi connectivity index (χ4v) is 5.17. The van der Waals surface area contributed by atoms with Gasteiger partial charge in [-0.15, -0.1) is 5.10 Å². The lowest BCUT2D eigenvalue weighted by atomic mass is 10.1. The third-order valence-electron chi connectivity index (χ3n) is 5.68. The Morgan fingerprint density at radius 2 is 1.72 bits per heavy atom. The number of hydrogen-bond acceptors (Lipinski definition) is 9. The van der Waals surface area contributed by atoms with Crippen LogP contribution < -0.4 is 4.90 Å². The van der Waals surface area contributed by atoms with Crippen molar-refractivity contribution in [3.63, 3.8) is 0 Å². The van der Waals surface area contributed by atoms with Crippen LogP contribution in [0.3, 0.4) is 0 Å². The molecule has 0 bridgehead atoms. The molecule has 2 aromatic heterocycles. The Bertz CT molecular complexity index is 1110. The molecule has 10 nitrogen and oxygen atoms in total. The Kier molecular flexibility index (Phi) is 6.75. The molecule has 0 amide bonds. The topological polar surface area (TPSA) is 110 Å². The molecule has 0 unspecified atom stereocenters. The van der Waals surface area contributed by atoms with Gasteiger partial charge in [0.25, 0.3) is 0 Å². The highest BCUT2D eigenvalue weighted by molar-refractivity contribution is 7.90. The SMILES string of the molecule is CCC[C@H](c1nnnn1CS(=O)(=O)c1ccc(C)cc1)N1CCN(c2ncccn2)CC1. The van der Waals surface area contributed by atoms with E-state index in [-0.39, 0.29) is 16.8 Å². The van der Waals surface area contributed by atoms with Gasteiger partial charge in [-0.3, -0.25) is 4.90 Å². The van der Waals surface area contributed by atoms with Gasteiger partial charge < -0.3 is 4.90 Å². The minimum atomic E-state index is -3.57. The molecule has 0 aliphatic carbocycles. The third kappa shape index (κ3) is 4.94. The first-order valence-electron chi connectivity index (χ1n) is 10.8. The van der Waals surface area contributed by atoms with Gasteiger partial charge in [0.15, 0.2) is 21.5 Å². The molecule has 0 spiro atoms. The summed E-state index contributed by atoms with van der Waals surface area (Å²) in [6.07, 6.45) is 5.27. The standard InChI is InChI=1S/C21H28N8O2S/c1-3-5-19(27-12-14-28(15-13-27)21-22-10-4-11-23-21)20-24-25-26-29(20)16-32(30,31)18-8-6-17(2)7-9-18/h4,6-11,19H,3,5,12-16H2,1-2H3/t19-/m1/s1. The number of anilines is 1. The minimum Gasteiger partial charge on any atom is -0.338 e. The quantitative estimate of drug-likeness (QED) is 0.501. The van der Waals surface area contributed by atoms with E-state index in [9.17, 15) is 8.42 Å². The zero-order chi connectivity index (χ0) is 22.6. The highest BCUT2D eigenvalue weighted by Crippen LogP contribution is 2.26. The summed E-state index contributed by atoms with van der Waals surface area (Å²) in [5.41, 5.74) is 1.01. The number of tetrazole rings is 1. The fraction of sp³-hybridized carbons (Fsp3) is 0.476. The molecule has 0 N–H and O–H groups in total.